The number of anilines is 1. The van der Waals surface area contributed by atoms with Crippen molar-refractivity contribution in [2.75, 3.05) is 31.1 Å². The summed E-state index contributed by atoms with van der Waals surface area (Å²) in [6.45, 7) is 4.01. The second kappa shape index (κ2) is 6.87. The maximum atomic E-state index is 12.0. The van der Waals surface area contributed by atoms with Crippen molar-refractivity contribution >= 4 is 17.9 Å². The summed E-state index contributed by atoms with van der Waals surface area (Å²) >= 11 is 0. The van der Waals surface area contributed by atoms with Crippen molar-refractivity contribution in [2.45, 2.75) is 19.4 Å². The number of carboxylic acid groups (broad SMARTS) is 1. The van der Waals surface area contributed by atoms with Crippen LogP contribution in [0.1, 0.15) is 13.3 Å². The Balaban J connectivity index is 1.86. The van der Waals surface area contributed by atoms with Gasteiger partial charge in [-0.3, -0.25) is 0 Å². The van der Waals surface area contributed by atoms with Crippen LogP contribution in [0.3, 0.4) is 0 Å². The smallest absolute Gasteiger partial charge is 0.326 e. The number of hydrogen-bond donors (Lipinski definition) is 2. The van der Waals surface area contributed by atoms with Crippen LogP contribution in [0.2, 0.25) is 0 Å². The van der Waals surface area contributed by atoms with Gasteiger partial charge >= 0.3 is 12.0 Å². The third kappa shape index (κ3) is 3.80. The van der Waals surface area contributed by atoms with E-state index in [-0.39, 0.29) is 6.03 Å². The molecule has 0 spiro atoms. The third-order valence-corrected chi connectivity index (χ3v) is 3.41. The summed E-state index contributed by atoms with van der Waals surface area (Å²) in [5.74, 6) is -0.364. The zero-order chi connectivity index (χ0) is 15.2. The van der Waals surface area contributed by atoms with Crippen molar-refractivity contribution in [1.82, 2.24) is 20.2 Å². The Hall–Kier alpha value is -2.38. The molecule has 8 heteroatoms. The molecule has 114 valence electrons. The highest BCUT2D eigenvalue weighted by molar-refractivity contribution is 5.82. The average molecular weight is 293 g/mol. The number of aliphatic carboxylic acids is 1. The molecule has 1 atom stereocenters. The van der Waals surface area contributed by atoms with E-state index in [9.17, 15) is 9.59 Å². The Morgan fingerprint density at radius 2 is 1.90 bits per heavy atom. The Labute approximate surface area is 122 Å². The minimum absolute atomic E-state index is 0.335. The highest BCUT2D eigenvalue weighted by Gasteiger charge is 2.25. The summed E-state index contributed by atoms with van der Waals surface area (Å²) in [6, 6.07) is 0.579. The van der Waals surface area contributed by atoms with Crippen LogP contribution in [-0.2, 0) is 4.79 Å². The molecule has 2 N–H and O–H groups in total. The summed E-state index contributed by atoms with van der Waals surface area (Å²) in [7, 11) is 0. The van der Waals surface area contributed by atoms with E-state index in [2.05, 4.69) is 15.3 Å². The fourth-order valence-electron chi connectivity index (χ4n) is 2.14. The van der Waals surface area contributed by atoms with Crippen molar-refractivity contribution in [1.29, 1.82) is 0 Å². The van der Waals surface area contributed by atoms with Crippen LogP contribution in [0.15, 0.2) is 18.5 Å². The number of nitrogens with zero attached hydrogens (tertiary/aromatic N) is 4. The van der Waals surface area contributed by atoms with Crippen molar-refractivity contribution in [2.24, 2.45) is 0 Å². The van der Waals surface area contributed by atoms with Crippen LogP contribution >= 0.6 is 0 Å². The minimum Gasteiger partial charge on any atom is -0.480 e. The molecule has 2 heterocycles. The van der Waals surface area contributed by atoms with Gasteiger partial charge in [-0.1, -0.05) is 6.92 Å². The van der Waals surface area contributed by atoms with Crippen LogP contribution in [0.5, 0.6) is 0 Å². The van der Waals surface area contributed by atoms with Gasteiger partial charge in [-0.15, -0.1) is 0 Å². The normalized spacial score (nSPS) is 16.4. The Bertz CT molecular complexity index is 488. The molecule has 0 aliphatic carbocycles. The molecule has 1 aromatic heterocycles. The number of urea groups is 1. The lowest BCUT2D eigenvalue weighted by molar-refractivity contribution is -0.139. The first kappa shape index (κ1) is 15.0. The SMILES string of the molecule is CCC(NC(=O)N1CCN(c2ncccn2)CC1)C(=O)O. The van der Waals surface area contributed by atoms with Gasteiger partial charge in [0.15, 0.2) is 0 Å². The summed E-state index contributed by atoms with van der Waals surface area (Å²) in [5, 5.41) is 11.5. The van der Waals surface area contributed by atoms with E-state index in [0.29, 0.717) is 38.5 Å². The van der Waals surface area contributed by atoms with E-state index in [1.54, 1.807) is 30.3 Å². The van der Waals surface area contributed by atoms with Gasteiger partial charge in [-0.2, -0.15) is 0 Å². The first-order chi connectivity index (χ1) is 10.1. The number of carbonyl (C=O) groups excluding carboxylic acids is 1. The monoisotopic (exact) mass is 293 g/mol. The lowest BCUT2D eigenvalue weighted by Crippen LogP contribution is -2.54. The largest absolute Gasteiger partial charge is 0.480 e. The molecule has 1 aliphatic heterocycles. The molecule has 1 fully saturated rings. The van der Waals surface area contributed by atoms with Crippen molar-refractivity contribution < 1.29 is 14.7 Å². The number of hydrogen-bond acceptors (Lipinski definition) is 5. The number of rotatable bonds is 4. The van der Waals surface area contributed by atoms with Gasteiger partial charge in [0.05, 0.1) is 0 Å². The number of piperazine rings is 1. The lowest BCUT2D eigenvalue weighted by Gasteiger charge is -2.35. The van der Waals surface area contributed by atoms with E-state index in [0.717, 1.165) is 0 Å². The zero-order valence-electron chi connectivity index (χ0n) is 11.9. The summed E-state index contributed by atoms with van der Waals surface area (Å²) in [4.78, 5) is 34.9. The predicted octanol–water partition coefficient (Wildman–Crippen LogP) is 0.171. The Kier molecular flexibility index (Phi) is 4.91. The van der Waals surface area contributed by atoms with E-state index in [1.807, 2.05) is 4.90 Å². The summed E-state index contributed by atoms with van der Waals surface area (Å²) in [5.41, 5.74) is 0. The minimum atomic E-state index is -1.01. The molecule has 1 aromatic rings. The van der Waals surface area contributed by atoms with Gasteiger partial charge < -0.3 is 20.2 Å². The van der Waals surface area contributed by atoms with Gasteiger partial charge in [-0.05, 0) is 12.5 Å². The Morgan fingerprint density at radius 3 is 2.43 bits per heavy atom. The van der Waals surface area contributed by atoms with Gasteiger partial charge in [0, 0.05) is 38.6 Å². The lowest BCUT2D eigenvalue weighted by atomic mass is 10.2. The number of carbonyl (C=O) groups is 2. The van der Waals surface area contributed by atoms with Crippen LogP contribution < -0.4 is 10.2 Å². The summed E-state index contributed by atoms with van der Waals surface area (Å²) < 4.78 is 0. The first-order valence-corrected chi connectivity index (χ1v) is 6.92. The molecule has 2 amide bonds. The maximum Gasteiger partial charge on any atom is 0.326 e. The molecule has 1 aliphatic rings. The second-order valence-electron chi connectivity index (χ2n) is 4.77. The van der Waals surface area contributed by atoms with Crippen molar-refractivity contribution in [3.05, 3.63) is 18.5 Å². The molecule has 0 aromatic carbocycles. The topological polar surface area (TPSA) is 98.7 Å². The van der Waals surface area contributed by atoms with Gasteiger partial charge in [0.2, 0.25) is 5.95 Å². The van der Waals surface area contributed by atoms with Gasteiger partial charge in [-0.25, -0.2) is 19.6 Å². The van der Waals surface area contributed by atoms with E-state index in [4.69, 9.17) is 5.11 Å². The second-order valence-corrected chi connectivity index (χ2v) is 4.77. The first-order valence-electron chi connectivity index (χ1n) is 6.92. The third-order valence-electron chi connectivity index (χ3n) is 3.41. The Morgan fingerprint density at radius 1 is 1.29 bits per heavy atom. The van der Waals surface area contributed by atoms with Crippen LogP contribution in [-0.4, -0.2) is 64.2 Å². The fourth-order valence-corrected chi connectivity index (χ4v) is 2.14. The highest BCUT2D eigenvalue weighted by Crippen LogP contribution is 2.09. The molecule has 21 heavy (non-hydrogen) atoms. The standard InChI is InChI=1S/C13H19N5O3/c1-2-10(11(19)20)16-13(21)18-8-6-17(7-9-18)12-14-4-3-5-15-12/h3-5,10H,2,6-9H2,1H3,(H,16,21)(H,19,20). The predicted molar refractivity (Wildman–Crippen MR) is 76.1 cm³/mol. The molecular formula is C13H19N5O3. The molecule has 0 radical (unpaired) electrons. The molecular weight excluding hydrogens is 274 g/mol. The maximum absolute atomic E-state index is 12.0. The average Bonchev–Trinajstić information content (AvgIpc) is 2.53. The quantitative estimate of drug-likeness (QED) is 0.821. The molecule has 0 bridgehead atoms. The summed E-state index contributed by atoms with van der Waals surface area (Å²) in [6.07, 6.45) is 3.72. The number of nitrogens with one attached hydrogen (secondary N) is 1. The van der Waals surface area contributed by atoms with E-state index in [1.165, 1.54) is 0 Å². The van der Waals surface area contributed by atoms with E-state index >= 15 is 0 Å². The molecule has 1 unspecified atom stereocenters. The van der Waals surface area contributed by atoms with Gasteiger partial charge in [0.1, 0.15) is 6.04 Å². The van der Waals surface area contributed by atoms with Crippen LogP contribution in [0, 0.1) is 0 Å². The highest BCUT2D eigenvalue weighted by atomic mass is 16.4. The van der Waals surface area contributed by atoms with Crippen LogP contribution in [0.4, 0.5) is 10.7 Å². The van der Waals surface area contributed by atoms with Crippen LogP contribution in [0.25, 0.3) is 0 Å². The zero-order valence-corrected chi connectivity index (χ0v) is 11.9. The number of amides is 2. The van der Waals surface area contributed by atoms with Crippen molar-refractivity contribution in [3.8, 4) is 0 Å². The van der Waals surface area contributed by atoms with E-state index < -0.39 is 12.0 Å². The molecule has 1 saturated heterocycles. The number of carboxylic acids is 1. The number of aromatic nitrogens is 2. The molecule has 8 nitrogen and oxygen atoms in total. The van der Waals surface area contributed by atoms with Crippen molar-refractivity contribution in [3.63, 3.8) is 0 Å². The van der Waals surface area contributed by atoms with Gasteiger partial charge in [0.25, 0.3) is 0 Å². The fraction of sp³-hybridized carbons (Fsp3) is 0.538. The molecule has 0 saturated carbocycles. The molecule has 2 rings (SSSR count).